The highest BCUT2D eigenvalue weighted by Gasteiger charge is 2.10. The maximum absolute atomic E-state index is 11.3. The number of ether oxygens (including phenoxy) is 2. The van der Waals surface area contributed by atoms with Gasteiger partial charge in [0.05, 0.1) is 24.3 Å². The molecule has 1 aromatic rings. The van der Waals surface area contributed by atoms with Gasteiger partial charge in [-0.2, -0.15) is 0 Å². The van der Waals surface area contributed by atoms with Gasteiger partial charge in [-0.15, -0.1) is 0 Å². The minimum Gasteiger partial charge on any atom is -0.494 e. The SMILES string of the molecule is CCCCOc1ccc(C(=O)OC)c(Cl)c1. The Kier molecular flexibility index (Phi) is 5.12. The van der Waals surface area contributed by atoms with Gasteiger partial charge in [0.1, 0.15) is 5.75 Å². The lowest BCUT2D eigenvalue weighted by Gasteiger charge is -2.07. The van der Waals surface area contributed by atoms with E-state index in [4.69, 9.17) is 16.3 Å². The van der Waals surface area contributed by atoms with E-state index in [-0.39, 0.29) is 0 Å². The zero-order chi connectivity index (χ0) is 12.0. The molecule has 3 nitrogen and oxygen atoms in total. The lowest BCUT2D eigenvalue weighted by molar-refractivity contribution is 0.0601. The summed E-state index contributed by atoms with van der Waals surface area (Å²) < 4.78 is 10.1. The van der Waals surface area contributed by atoms with Gasteiger partial charge in [-0.3, -0.25) is 0 Å². The van der Waals surface area contributed by atoms with Gasteiger partial charge in [-0.05, 0) is 24.6 Å². The molecule has 0 amide bonds. The zero-order valence-electron chi connectivity index (χ0n) is 9.46. The first-order valence-corrected chi connectivity index (χ1v) is 5.57. The third kappa shape index (κ3) is 3.42. The normalized spacial score (nSPS) is 9.94. The maximum atomic E-state index is 11.3. The van der Waals surface area contributed by atoms with E-state index in [1.165, 1.54) is 7.11 Å². The second-order valence-corrected chi connectivity index (χ2v) is 3.74. The number of esters is 1. The predicted octanol–water partition coefficient (Wildman–Crippen LogP) is 3.31. The molecule has 0 fully saturated rings. The van der Waals surface area contributed by atoms with E-state index in [0.29, 0.717) is 22.9 Å². The molecular weight excluding hydrogens is 228 g/mol. The molecule has 0 aliphatic carbocycles. The van der Waals surface area contributed by atoms with Crippen molar-refractivity contribution in [2.45, 2.75) is 19.8 Å². The van der Waals surface area contributed by atoms with Crippen LogP contribution in [-0.4, -0.2) is 19.7 Å². The molecule has 0 aliphatic heterocycles. The molecule has 4 heteroatoms. The number of benzene rings is 1. The van der Waals surface area contributed by atoms with Gasteiger partial charge >= 0.3 is 5.97 Å². The number of rotatable bonds is 5. The van der Waals surface area contributed by atoms with Crippen LogP contribution in [0.25, 0.3) is 0 Å². The van der Waals surface area contributed by atoms with Gasteiger partial charge in [0.25, 0.3) is 0 Å². The molecule has 0 unspecified atom stereocenters. The molecule has 0 radical (unpaired) electrons. The largest absolute Gasteiger partial charge is 0.494 e. The summed E-state index contributed by atoms with van der Waals surface area (Å²) in [4.78, 5) is 11.3. The molecule has 0 bridgehead atoms. The zero-order valence-corrected chi connectivity index (χ0v) is 10.2. The van der Waals surface area contributed by atoms with E-state index in [9.17, 15) is 4.79 Å². The molecule has 0 heterocycles. The summed E-state index contributed by atoms with van der Waals surface area (Å²) >= 11 is 5.93. The van der Waals surface area contributed by atoms with E-state index in [1.807, 2.05) is 0 Å². The quantitative estimate of drug-likeness (QED) is 0.587. The first kappa shape index (κ1) is 12.8. The van der Waals surface area contributed by atoms with E-state index in [0.717, 1.165) is 12.8 Å². The van der Waals surface area contributed by atoms with Crippen LogP contribution in [0.4, 0.5) is 0 Å². The van der Waals surface area contributed by atoms with Crippen molar-refractivity contribution in [2.75, 3.05) is 13.7 Å². The lowest BCUT2D eigenvalue weighted by Crippen LogP contribution is -2.03. The standard InChI is InChI=1S/C12H15ClO3/c1-3-4-7-16-9-5-6-10(11(13)8-9)12(14)15-2/h5-6,8H,3-4,7H2,1-2H3. The van der Waals surface area contributed by atoms with Crippen LogP contribution in [0.15, 0.2) is 18.2 Å². The summed E-state index contributed by atoms with van der Waals surface area (Å²) in [5, 5.41) is 0.348. The molecule has 0 atom stereocenters. The Morgan fingerprint density at radius 2 is 2.19 bits per heavy atom. The first-order valence-electron chi connectivity index (χ1n) is 5.19. The number of carbonyl (C=O) groups is 1. The summed E-state index contributed by atoms with van der Waals surface area (Å²) in [7, 11) is 1.32. The van der Waals surface area contributed by atoms with Gasteiger partial charge in [0, 0.05) is 0 Å². The minimum atomic E-state index is -0.440. The maximum Gasteiger partial charge on any atom is 0.339 e. The van der Waals surface area contributed by atoms with E-state index >= 15 is 0 Å². The van der Waals surface area contributed by atoms with Crippen LogP contribution in [0.1, 0.15) is 30.1 Å². The van der Waals surface area contributed by atoms with E-state index < -0.39 is 5.97 Å². The average Bonchev–Trinajstić information content (AvgIpc) is 2.29. The van der Waals surface area contributed by atoms with Gasteiger partial charge in [-0.1, -0.05) is 24.9 Å². The van der Waals surface area contributed by atoms with Crippen molar-refractivity contribution >= 4 is 17.6 Å². The highest BCUT2D eigenvalue weighted by Crippen LogP contribution is 2.23. The summed E-state index contributed by atoms with van der Waals surface area (Å²) in [6, 6.07) is 4.95. The van der Waals surface area contributed by atoms with Gasteiger partial charge in [0.2, 0.25) is 0 Å². The van der Waals surface area contributed by atoms with Crippen LogP contribution in [0.3, 0.4) is 0 Å². The van der Waals surface area contributed by atoms with Gasteiger partial charge in [-0.25, -0.2) is 4.79 Å². The Hall–Kier alpha value is -1.22. The van der Waals surface area contributed by atoms with Crippen molar-refractivity contribution in [3.8, 4) is 5.75 Å². The van der Waals surface area contributed by atoms with Crippen molar-refractivity contribution < 1.29 is 14.3 Å². The fourth-order valence-corrected chi connectivity index (χ4v) is 1.44. The van der Waals surface area contributed by atoms with Crippen LogP contribution >= 0.6 is 11.6 Å². The number of methoxy groups -OCH3 is 1. The first-order chi connectivity index (χ1) is 7.69. The number of hydrogen-bond acceptors (Lipinski definition) is 3. The van der Waals surface area contributed by atoms with Crippen LogP contribution in [-0.2, 0) is 4.74 Å². The summed E-state index contributed by atoms with van der Waals surface area (Å²) in [6.07, 6.45) is 2.07. The molecule has 0 saturated heterocycles. The molecule has 0 spiro atoms. The highest BCUT2D eigenvalue weighted by molar-refractivity contribution is 6.33. The lowest BCUT2D eigenvalue weighted by atomic mass is 10.2. The van der Waals surface area contributed by atoms with Crippen molar-refractivity contribution in [3.63, 3.8) is 0 Å². The van der Waals surface area contributed by atoms with E-state index in [2.05, 4.69) is 11.7 Å². The third-order valence-corrected chi connectivity index (χ3v) is 2.43. The number of carbonyl (C=O) groups excluding carboxylic acids is 1. The third-order valence-electron chi connectivity index (χ3n) is 2.11. The molecule has 16 heavy (non-hydrogen) atoms. The van der Waals surface area contributed by atoms with Crippen molar-refractivity contribution in [2.24, 2.45) is 0 Å². The molecule has 0 aliphatic rings. The van der Waals surface area contributed by atoms with Crippen LogP contribution < -0.4 is 4.74 Å². The molecule has 0 saturated carbocycles. The summed E-state index contributed by atoms with van der Waals surface area (Å²) in [5.74, 6) is 0.233. The molecule has 0 N–H and O–H groups in total. The fourth-order valence-electron chi connectivity index (χ4n) is 1.20. The predicted molar refractivity (Wildman–Crippen MR) is 63.2 cm³/mol. The highest BCUT2D eigenvalue weighted by atomic mass is 35.5. The van der Waals surface area contributed by atoms with Crippen LogP contribution in [0, 0.1) is 0 Å². The Morgan fingerprint density at radius 3 is 2.75 bits per heavy atom. The Bertz CT molecular complexity index is 363. The summed E-state index contributed by atoms with van der Waals surface area (Å²) in [5.41, 5.74) is 0.354. The molecular formula is C12H15ClO3. The Morgan fingerprint density at radius 1 is 1.44 bits per heavy atom. The van der Waals surface area contributed by atoms with Gasteiger partial charge < -0.3 is 9.47 Å². The molecule has 0 aromatic heterocycles. The van der Waals surface area contributed by atoms with Gasteiger partial charge in [0.15, 0.2) is 0 Å². The topological polar surface area (TPSA) is 35.5 Å². The second-order valence-electron chi connectivity index (χ2n) is 3.34. The number of hydrogen-bond donors (Lipinski definition) is 0. The van der Waals surface area contributed by atoms with E-state index in [1.54, 1.807) is 18.2 Å². The Labute approximate surface area is 100 Å². The molecule has 1 aromatic carbocycles. The smallest absolute Gasteiger partial charge is 0.339 e. The number of halogens is 1. The second kappa shape index (κ2) is 6.38. The summed E-state index contributed by atoms with van der Waals surface area (Å²) in [6.45, 7) is 2.75. The van der Waals surface area contributed by atoms with Crippen LogP contribution in [0.5, 0.6) is 5.75 Å². The van der Waals surface area contributed by atoms with Crippen LogP contribution in [0.2, 0.25) is 5.02 Å². The monoisotopic (exact) mass is 242 g/mol. The van der Waals surface area contributed by atoms with Crippen molar-refractivity contribution in [3.05, 3.63) is 28.8 Å². The Balaban J connectivity index is 2.71. The fraction of sp³-hybridized carbons (Fsp3) is 0.417. The molecule has 88 valence electrons. The van der Waals surface area contributed by atoms with Crippen molar-refractivity contribution in [1.82, 2.24) is 0 Å². The number of unbranched alkanes of at least 4 members (excludes halogenated alkanes) is 1. The minimum absolute atomic E-state index is 0.348. The molecule has 1 rings (SSSR count). The average molecular weight is 243 g/mol. The van der Waals surface area contributed by atoms with Crippen molar-refractivity contribution in [1.29, 1.82) is 0 Å².